The number of aromatic amines is 1. The minimum Gasteiger partial charge on any atom is -0.354 e. The van der Waals surface area contributed by atoms with Crippen molar-refractivity contribution < 1.29 is 4.79 Å². The highest BCUT2D eigenvalue weighted by Crippen LogP contribution is 2.24. The van der Waals surface area contributed by atoms with E-state index >= 15 is 0 Å². The Bertz CT molecular complexity index is 1040. The molecule has 8 nitrogen and oxygen atoms in total. The highest BCUT2D eigenvalue weighted by molar-refractivity contribution is 7.10. The van der Waals surface area contributed by atoms with Crippen molar-refractivity contribution in [2.24, 2.45) is 0 Å². The molecule has 4 rings (SSSR count). The second-order valence-electron chi connectivity index (χ2n) is 5.23. The largest absolute Gasteiger partial charge is 0.354 e. The number of rotatable bonds is 4. The van der Waals surface area contributed by atoms with Crippen LogP contribution in [0.5, 0.6) is 0 Å². The number of carbonyl (C=O) groups excluding carboxylic acids is 1. The molecular weight excluding hydrogens is 338 g/mol. The number of aromatic nitrogens is 5. The molecule has 3 N–H and O–H groups in total. The molecular formula is C16H13N7OS. The fraction of sp³-hybridized carbons (Fsp3) is 0.0625. The Kier molecular flexibility index (Phi) is 3.82. The number of fused-ring (bicyclic) bond motifs is 1. The SMILES string of the molecule is CNC(=O)c1cc(Nc2ncc3cc(-c4cn[nH]c4)ccc3n2)sn1. The van der Waals surface area contributed by atoms with Crippen LogP contribution in [0.3, 0.4) is 0 Å². The second kappa shape index (κ2) is 6.29. The Balaban J connectivity index is 1.60. The van der Waals surface area contributed by atoms with Gasteiger partial charge in [0.1, 0.15) is 10.7 Å². The van der Waals surface area contributed by atoms with Crippen LogP contribution < -0.4 is 10.6 Å². The predicted octanol–water partition coefficient (Wildman–Crippen LogP) is 2.58. The van der Waals surface area contributed by atoms with Crippen molar-refractivity contribution in [2.75, 3.05) is 12.4 Å². The molecule has 25 heavy (non-hydrogen) atoms. The molecule has 0 aliphatic heterocycles. The average molecular weight is 351 g/mol. The van der Waals surface area contributed by atoms with Crippen LogP contribution in [-0.2, 0) is 0 Å². The average Bonchev–Trinajstić information content (AvgIpc) is 3.32. The van der Waals surface area contributed by atoms with E-state index in [0.717, 1.165) is 22.0 Å². The van der Waals surface area contributed by atoms with Crippen LogP contribution in [0.2, 0.25) is 0 Å². The molecule has 9 heteroatoms. The molecule has 0 aliphatic carbocycles. The first-order chi connectivity index (χ1) is 12.2. The van der Waals surface area contributed by atoms with Gasteiger partial charge >= 0.3 is 0 Å². The van der Waals surface area contributed by atoms with Crippen molar-refractivity contribution in [3.63, 3.8) is 0 Å². The minimum atomic E-state index is -0.226. The lowest BCUT2D eigenvalue weighted by Crippen LogP contribution is -2.17. The number of amides is 1. The number of hydrogen-bond donors (Lipinski definition) is 3. The van der Waals surface area contributed by atoms with Gasteiger partial charge in [0.25, 0.3) is 5.91 Å². The third kappa shape index (κ3) is 3.04. The highest BCUT2D eigenvalue weighted by Gasteiger charge is 2.10. The monoisotopic (exact) mass is 351 g/mol. The van der Waals surface area contributed by atoms with Crippen LogP contribution >= 0.6 is 11.5 Å². The zero-order valence-corrected chi connectivity index (χ0v) is 14.0. The number of anilines is 2. The lowest BCUT2D eigenvalue weighted by Gasteiger charge is -2.04. The molecule has 4 aromatic rings. The van der Waals surface area contributed by atoms with Crippen LogP contribution in [-0.4, -0.2) is 37.5 Å². The van der Waals surface area contributed by atoms with Gasteiger partial charge in [-0.05, 0) is 29.2 Å². The van der Waals surface area contributed by atoms with E-state index in [9.17, 15) is 4.79 Å². The van der Waals surface area contributed by atoms with E-state index in [2.05, 4.69) is 35.2 Å². The zero-order valence-electron chi connectivity index (χ0n) is 13.1. The maximum absolute atomic E-state index is 11.6. The first-order valence-electron chi connectivity index (χ1n) is 7.45. The molecule has 0 radical (unpaired) electrons. The standard InChI is InChI=1S/C16H13N7OS/c1-17-15(24)13-5-14(25-23-13)22-16-18-6-10-4-9(2-3-12(10)21-16)11-7-19-20-8-11/h2-8H,1H3,(H,17,24)(H,19,20)(H,18,21,22). The van der Waals surface area contributed by atoms with Gasteiger partial charge in [-0.3, -0.25) is 9.89 Å². The van der Waals surface area contributed by atoms with Gasteiger partial charge in [-0.15, -0.1) is 0 Å². The summed E-state index contributed by atoms with van der Waals surface area (Å²) >= 11 is 1.18. The lowest BCUT2D eigenvalue weighted by molar-refractivity contribution is 0.0959. The van der Waals surface area contributed by atoms with Gasteiger partial charge in [-0.2, -0.15) is 9.47 Å². The number of nitrogens with zero attached hydrogens (tertiary/aromatic N) is 4. The molecule has 0 bridgehead atoms. The van der Waals surface area contributed by atoms with Crippen molar-refractivity contribution in [1.82, 2.24) is 29.9 Å². The van der Waals surface area contributed by atoms with Crippen molar-refractivity contribution in [3.05, 3.63) is 48.5 Å². The zero-order chi connectivity index (χ0) is 17.2. The first kappa shape index (κ1) is 15.2. The summed E-state index contributed by atoms with van der Waals surface area (Å²) in [5, 5.41) is 14.0. The van der Waals surface area contributed by atoms with Crippen LogP contribution in [0.15, 0.2) is 42.9 Å². The fourth-order valence-electron chi connectivity index (χ4n) is 2.36. The summed E-state index contributed by atoms with van der Waals surface area (Å²) in [7, 11) is 1.57. The maximum Gasteiger partial charge on any atom is 0.270 e. The maximum atomic E-state index is 11.6. The molecule has 0 aliphatic rings. The molecule has 0 fully saturated rings. The van der Waals surface area contributed by atoms with E-state index in [1.54, 1.807) is 25.5 Å². The Labute approximate surface area is 146 Å². The smallest absolute Gasteiger partial charge is 0.270 e. The minimum absolute atomic E-state index is 0.226. The van der Waals surface area contributed by atoms with E-state index in [-0.39, 0.29) is 5.91 Å². The molecule has 124 valence electrons. The summed E-state index contributed by atoms with van der Waals surface area (Å²) in [5.41, 5.74) is 3.24. The number of carbonyl (C=O) groups is 1. The molecule has 0 saturated heterocycles. The van der Waals surface area contributed by atoms with Gasteiger partial charge in [0.15, 0.2) is 0 Å². The number of nitrogens with one attached hydrogen (secondary N) is 3. The molecule has 0 spiro atoms. The normalized spacial score (nSPS) is 10.8. The third-order valence-corrected chi connectivity index (χ3v) is 4.32. The van der Waals surface area contributed by atoms with E-state index in [1.165, 1.54) is 11.5 Å². The van der Waals surface area contributed by atoms with Crippen LogP contribution in [0.4, 0.5) is 10.9 Å². The Morgan fingerprint density at radius 2 is 2.12 bits per heavy atom. The molecule has 0 saturated carbocycles. The van der Waals surface area contributed by atoms with Crippen LogP contribution in [0, 0.1) is 0 Å². The second-order valence-corrected chi connectivity index (χ2v) is 6.04. The Hall–Kier alpha value is -3.33. The van der Waals surface area contributed by atoms with Crippen LogP contribution in [0.1, 0.15) is 10.5 Å². The highest BCUT2D eigenvalue weighted by atomic mass is 32.1. The lowest BCUT2D eigenvalue weighted by atomic mass is 10.1. The summed E-state index contributed by atoms with van der Waals surface area (Å²) < 4.78 is 4.09. The summed E-state index contributed by atoms with van der Waals surface area (Å²) in [6, 6.07) is 7.60. The van der Waals surface area contributed by atoms with Gasteiger partial charge in [-0.25, -0.2) is 9.97 Å². The topological polar surface area (TPSA) is 108 Å². The van der Waals surface area contributed by atoms with E-state index in [4.69, 9.17) is 0 Å². The Morgan fingerprint density at radius 1 is 1.20 bits per heavy atom. The predicted molar refractivity (Wildman–Crippen MR) is 95.9 cm³/mol. The van der Waals surface area contributed by atoms with Gasteiger partial charge in [0.2, 0.25) is 5.95 Å². The summed E-state index contributed by atoms with van der Waals surface area (Å²) in [6.45, 7) is 0. The number of benzene rings is 1. The molecule has 0 atom stereocenters. The van der Waals surface area contributed by atoms with Crippen molar-refractivity contribution >= 4 is 39.3 Å². The third-order valence-electron chi connectivity index (χ3n) is 3.62. The van der Waals surface area contributed by atoms with Crippen molar-refractivity contribution in [1.29, 1.82) is 0 Å². The first-order valence-corrected chi connectivity index (χ1v) is 8.22. The Morgan fingerprint density at radius 3 is 2.92 bits per heavy atom. The number of hydrogen-bond acceptors (Lipinski definition) is 7. The molecule has 1 aromatic carbocycles. The summed E-state index contributed by atoms with van der Waals surface area (Å²) in [5.74, 6) is 0.228. The molecule has 1 amide bonds. The fourth-order valence-corrected chi connectivity index (χ4v) is 2.99. The van der Waals surface area contributed by atoms with E-state index in [1.807, 2.05) is 24.4 Å². The van der Waals surface area contributed by atoms with Crippen molar-refractivity contribution in [2.45, 2.75) is 0 Å². The molecule has 3 aromatic heterocycles. The van der Waals surface area contributed by atoms with Gasteiger partial charge < -0.3 is 10.6 Å². The van der Waals surface area contributed by atoms with Gasteiger partial charge in [-0.1, -0.05) is 6.07 Å². The van der Waals surface area contributed by atoms with Gasteiger partial charge in [0.05, 0.1) is 11.7 Å². The molecule has 0 unspecified atom stereocenters. The van der Waals surface area contributed by atoms with E-state index in [0.29, 0.717) is 16.6 Å². The summed E-state index contributed by atoms with van der Waals surface area (Å²) in [4.78, 5) is 20.4. The number of H-pyrrole nitrogens is 1. The van der Waals surface area contributed by atoms with E-state index < -0.39 is 0 Å². The summed E-state index contributed by atoms with van der Waals surface area (Å²) in [6.07, 6.45) is 5.37. The van der Waals surface area contributed by atoms with Crippen molar-refractivity contribution in [3.8, 4) is 11.1 Å². The molecule has 3 heterocycles. The van der Waals surface area contributed by atoms with Gasteiger partial charge in [0, 0.05) is 36.5 Å². The quantitative estimate of drug-likeness (QED) is 0.521. The van der Waals surface area contributed by atoms with Crippen LogP contribution in [0.25, 0.3) is 22.0 Å².